The van der Waals surface area contributed by atoms with Crippen molar-refractivity contribution in [3.63, 3.8) is 0 Å². The van der Waals surface area contributed by atoms with Gasteiger partial charge in [0.1, 0.15) is 30.9 Å². The smallest absolute Gasteiger partial charge is 0.325 e. The molecular formula is C17H13FN2O4S. The lowest BCUT2D eigenvalue weighted by atomic mass is 10.2. The number of esters is 1. The first-order valence-electron chi connectivity index (χ1n) is 7.29. The van der Waals surface area contributed by atoms with Crippen LogP contribution in [0, 0.1) is 5.82 Å². The highest BCUT2D eigenvalue weighted by atomic mass is 32.1. The monoisotopic (exact) mass is 360 g/mol. The quantitative estimate of drug-likeness (QED) is 0.684. The summed E-state index contributed by atoms with van der Waals surface area (Å²) in [6, 6.07) is 8.93. The van der Waals surface area contributed by atoms with Gasteiger partial charge in [0, 0.05) is 5.56 Å². The number of rotatable bonds is 6. The number of oxazole rings is 1. The average Bonchev–Trinajstić information content (AvgIpc) is 3.29. The number of benzene rings is 1. The van der Waals surface area contributed by atoms with Crippen molar-refractivity contribution in [2.75, 3.05) is 6.54 Å². The number of hydrogen-bond acceptors (Lipinski definition) is 6. The van der Waals surface area contributed by atoms with Crippen LogP contribution in [0.25, 0.3) is 10.8 Å². The molecule has 8 heteroatoms. The van der Waals surface area contributed by atoms with E-state index in [9.17, 15) is 14.0 Å². The first-order valence-corrected chi connectivity index (χ1v) is 8.17. The predicted molar refractivity (Wildman–Crippen MR) is 88.3 cm³/mol. The molecule has 0 fully saturated rings. The van der Waals surface area contributed by atoms with Crippen molar-refractivity contribution in [2.45, 2.75) is 6.61 Å². The van der Waals surface area contributed by atoms with Gasteiger partial charge in [-0.15, -0.1) is 11.3 Å². The minimum Gasteiger partial charge on any atom is -0.458 e. The van der Waals surface area contributed by atoms with Crippen LogP contribution in [-0.4, -0.2) is 23.4 Å². The van der Waals surface area contributed by atoms with E-state index in [0.29, 0.717) is 11.6 Å². The maximum atomic E-state index is 13.1. The number of hydrogen-bond donors (Lipinski definition) is 1. The number of carbonyl (C=O) groups is 2. The van der Waals surface area contributed by atoms with Gasteiger partial charge in [0.25, 0.3) is 5.91 Å². The zero-order valence-electron chi connectivity index (χ0n) is 12.9. The lowest BCUT2D eigenvalue weighted by Crippen LogP contribution is -2.30. The second-order valence-corrected chi connectivity index (χ2v) is 5.92. The lowest BCUT2D eigenvalue weighted by molar-refractivity contribution is -0.143. The molecule has 128 valence electrons. The SMILES string of the molecule is O=C(CNC(=O)c1cccc(F)c1)OCc1coc(-c2cccs2)n1. The number of nitrogens with one attached hydrogen (secondary N) is 1. The van der Waals surface area contributed by atoms with Gasteiger partial charge in [-0.25, -0.2) is 9.37 Å². The molecule has 1 amide bonds. The average molecular weight is 360 g/mol. The summed E-state index contributed by atoms with van der Waals surface area (Å²) >= 11 is 1.49. The third kappa shape index (κ3) is 4.51. The van der Waals surface area contributed by atoms with Gasteiger partial charge in [0.2, 0.25) is 5.89 Å². The lowest BCUT2D eigenvalue weighted by Gasteiger charge is -2.05. The van der Waals surface area contributed by atoms with Crippen molar-refractivity contribution in [1.29, 1.82) is 0 Å². The molecule has 25 heavy (non-hydrogen) atoms. The summed E-state index contributed by atoms with van der Waals surface area (Å²) in [7, 11) is 0. The van der Waals surface area contributed by atoms with E-state index in [4.69, 9.17) is 9.15 Å². The summed E-state index contributed by atoms with van der Waals surface area (Å²) in [5.74, 6) is -1.26. The van der Waals surface area contributed by atoms with Crippen LogP contribution < -0.4 is 5.32 Å². The summed E-state index contributed by atoms with van der Waals surface area (Å²) in [5.41, 5.74) is 0.595. The normalized spacial score (nSPS) is 10.4. The van der Waals surface area contributed by atoms with Crippen LogP contribution in [-0.2, 0) is 16.1 Å². The standard InChI is InChI=1S/C17H13FN2O4S/c18-12-4-1-3-11(7-12)16(22)19-8-15(21)23-9-13-10-24-17(20-13)14-5-2-6-25-14/h1-7,10H,8-9H2,(H,19,22). The Labute approximate surface area is 146 Å². The molecule has 0 atom stereocenters. The van der Waals surface area contributed by atoms with E-state index >= 15 is 0 Å². The largest absolute Gasteiger partial charge is 0.458 e. The predicted octanol–water partition coefficient (Wildman–Crippen LogP) is 3.02. The summed E-state index contributed by atoms with van der Waals surface area (Å²) in [6.45, 7) is -0.394. The maximum Gasteiger partial charge on any atom is 0.325 e. The molecule has 0 bridgehead atoms. The van der Waals surface area contributed by atoms with Crippen LogP contribution in [0.2, 0.25) is 0 Å². The molecule has 0 radical (unpaired) electrons. The van der Waals surface area contributed by atoms with Crippen molar-refractivity contribution >= 4 is 23.2 Å². The van der Waals surface area contributed by atoms with Crippen LogP contribution in [0.5, 0.6) is 0 Å². The summed E-state index contributed by atoms with van der Waals surface area (Å²) in [4.78, 5) is 28.6. The van der Waals surface area contributed by atoms with Gasteiger partial charge < -0.3 is 14.5 Å². The fourth-order valence-corrected chi connectivity index (χ4v) is 2.63. The molecule has 2 aromatic heterocycles. The minimum atomic E-state index is -0.634. The van der Waals surface area contributed by atoms with Gasteiger partial charge in [0.15, 0.2) is 0 Å². The molecular weight excluding hydrogens is 347 g/mol. The molecule has 0 aliphatic carbocycles. The molecule has 2 heterocycles. The van der Waals surface area contributed by atoms with Gasteiger partial charge in [-0.3, -0.25) is 9.59 Å². The van der Waals surface area contributed by atoms with Crippen LogP contribution in [0.15, 0.2) is 52.5 Å². The first-order chi connectivity index (χ1) is 12.1. The van der Waals surface area contributed by atoms with Gasteiger partial charge in [-0.1, -0.05) is 12.1 Å². The van der Waals surface area contributed by atoms with E-state index < -0.39 is 17.7 Å². The maximum absolute atomic E-state index is 13.1. The zero-order chi connectivity index (χ0) is 17.6. The Balaban J connectivity index is 1.46. The Morgan fingerprint density at radius 1 is 1.28 bits per heavy atom. The molecule has 3 rings (SSSR count). The molecule has 0 spiro atoms. The molecule has 6 nitrogen and oxygen atoms in total. The number of halogens is 1. The number of aromatic nitrogens is 1. The van der Waals surface area contributed by atoms with Crippen molar-refractivity contribution in [1.82, 2.24) is 10.3 Å². The molecule has 0 aliphatic rings. The Bertz CT molecular complexity index is 876. The second-order valence-electron chi connectivity index (χ2n) is 4.98. The van der Waals surface area contributed by atoms with Crippen LogP contribution >= 0.6 is 11.3 Å². The Morgan fingerprint density at radius 3 is 2.92 bits per heavy atom. The molecule has 0 saturated heterocycles. The van der Waals surface area contributed by atoms with Crippen molar-refractivity contribution in [3.05, 3.63) is 65.1 Å². The molecule has 1 aromatic carbocycles. The Kier molecular flexibility index (Phi) is 5.20. The van der Waals surface area contributed by atoms with E-state index in [0.717, 1.165) is 10.9 Å². The third-order valence-corrected chi connectivity index (χ3v) is 4.00. The van der Waals surface area contributed by atoms with Gasteiger partial charge in [-0.05, 0) is 29.6 Å². The first kappa shape index (κ1) is 16.8. The summed E-state index contributed by atoms with van der Waals surface area (Å²) < 4.78 is 23.4. The van der Waals surface area contributed by atoms with E-state index in [2.05, 4.69) is 10.3 Å². The molecule has 0 aliphatic heterocycles. The van der Waals surface area contributed by atoms with Gasteiger partial charge in [-0.2, -0.15) is 0 Å². The van der Waals surface area contributed by atoms with E-state index in [1.807, 2.05) is 17.5 Å². The fourth-order valence-electron chi connectivity index (χ4n) is 1.98. The minimum absolute atomic E-state index is 0.0659. The van der Waals surface area contributed by atoms with Gasteiger partial charge >= 0.3 is 5.97 Å². The molecule has 0 unspecified atom stereocenters. The van der Waals surface area contributed by atoms with Crippen LogP contribution in [0.4, 0.5) is 4.39 Å². The Hall–Kier alpha value is -3.00. The number of ether oxygens (including phenoxy) is 1. The summed E-state index contributed by atoms with van der Waals surface area (Å²) in [5, 5.41) is 4.27. The molecule has 0 saturated carbocycles. The van der Waals surface area contributed by atoms with Crippen LogP contribution in [0.3, 0.4) is 0 Å². The third-order valence-electron chi connectivity index (χ3n) is 3.14. The van der Waals surface area contributed by atoms with Gasteiger partial charge in [0.05, 0.1) is 4.88 Å². The summed E-state index contributed by atoms with van der Waals surface area (Å²) in [6.07, 6.45) is 1.41. The number of thiophene rings is 1. The van der Waals surface area contributed by atoms with Crippen LogP contribution in [0.1, 0.15) is 16.1 Å². The molecule has 3 aromatic rings. The number of nitrogens with zero attached hydrogens (tertiary/aromatic N) is 1. The van der Waals surface area contributed by atoms with Crippen molar-refractivity contribution < 1.29 is 23.1 Å². The number of amides is 1. The zero-order valence-corrected chi connectivity index (χ0v) is 13.7. The second kappa shape index (κ2) is 7.71. The van der Waals surface area contributed by atoms with E-state index in [1.165, 1.54) is 35.8 Å². The highest BCUT2D eigenvalue weighted by Crippen LogP contribution is 2.23. The number of carbonyl (C=O) groups excluding carboxylic acids is 2. The highest BCUT2D eigenvalue weighted by Gasteiger charge is 2.12. The Morgan fingerprint density at radius 2 is 2.16 bits per heavy atom. The molecule has 1 N–H and O–H groups in total. The fraction of sp³-hybridized carbons (Fsp3) is 0.118. The van der Waals surface area contributed by atoms with Crippen molar-refractivity contribution in [3.8, 4) is 10.8 Å². The highest BCUT2D eigenvalue weighted by molar-refractivity contribution is 7.13. The van der Waals surface area contributed by atoms with E-state index in [-0.39, 0.29) is 18.7 Å². The van der Waals surface area contributed by atoms with E-state index in [1.54, 1.807) is 0 Å². The topological polar surface area (TPSA) is 81.4 Å². The van der Waals surface area contributed by atoms with Crippen molar-refractivity contribution in [2.24, 2.45) is 0 Å².